The smallest absolute Gasteiger partial charge is 0.265 e. The predicted octanol–water partition coefficient (Wildman–Crippen LogP) is 4.34. The topological polar surface area (TPSA) is 58.2 Å². The molecule has 2 N–H and O–H groups in total. The average molecular weight is 367 g/mol. The number of thiophene rings is 1. The van der Waals surface area contributed by atoms with E-state index in [4.69, 9.17) is 0 Å². The number of amides is 2. The van der Waals surface area contributed by atoms with Gasteiger partial charge in [-0.1, -0.05) is 0 Å². The second-order valence-corrected chi connectivity index (χ2v) is 7.10. The molecule has 0 unspecified atom stereocenters. The van der Waals surface area contributed by atoms with E-state index in [1.807, 2.05) is 26.0 Å². The number of nitrogens with one attached hydrogen (secondary N) is 2. The summed E-state index contributed by atoms with van der Waals surface area (Å²) in [5, 5.41) is 5.60. The Balaban J connectivity index is 2.14. The van der Waals surface area contributed by atoms with Crippen LogP contribution in [0.2, 0.25) is 0 Å². The molecule has 0 radical (unpaired) electrons. The molecule has 1 aromatic heterocycles. The lowest BCUT2D eigenvalue weighted by Gasteiger charge is -2.09. The first-order valence-electron chi connectivity index (χ1n) is 6.32. The van der Waals surface area contributed by atoms with Gasteiger partial charge in [-0.05, 0) is 65.2 Å². The maximum atomic E-state index is 12.2. The van der Waals surface area contributed by atoms with Crippen LogP contribution in [0.1, 0.15) is 27.7 Å². The number of aryl methyl sites for hydroxylation is 2. The molecule has 0 fully saturated rings. The Kier molecular flexibility index (Phi) is 4.80. The summed E-state index contributed by atoms with van der Waals surface area (Å²) in [4.78, 5) is 23.9. The van der Waals surface area contributed by atoms with Crippen molar-refractivity contribution in [2.75, 3.05) is 10.6 Å². The molecule has 110 valence electrons. The fourth-order valence-electron chi connectivity index (χ4n) is 1.84. The molecule has 0 spiro atoms. The van der Waals surface area contributed by atoms with Gasteiger partial charge in [0.25, 0.3) is 5.91 Å². The molecule has 1 heterocycles. The van der Waals surface area contributed by atoms with Gasteiger partial charge in [0.2, 0.25) is 5.91 Å². The number of carbonyl (C=O) groups is 2. The minimum absolute atomic E-state index is 0.117. The zero-order valence-corrected chi connectivity index (χ0v) is 14.3. The molecule has 21 heavy (non-hydrogen) atoms. The van der Waals surface area contributed by atoms with Gasteiger partial charge in [0.05, 0.1) is 8.66 Å². The Labute approximate surface area is 135 Å². The number of rotatable bonds is 3. The van der Waals surface area contributed by atoms with Crippen molar-refractivity contribution in [3.05, 3.63) is 44.1 Å². The van der Waals surface area contributed by atoms with Gasteiger partial charge in [0, 0.05) is 18.3 Å². The van der Waals surface area contributed by atoms with Gasteiger partial charge in [-0.3, -0.25) is 9.59 Å². The number of carbonyl (C=O) groups excluding carboxylic acids is 2. The summed E-state index contributed by atoms with van der Waals surface area (Å²) in [5.74, 6) is -0.255. The molecule has 0 aliphatic heterocycles. The minimum atomic E-state index is -0.138. The highest BCUT2D eigenvalue weighted by Gasteiger charge is 2.12. The third kappa shape index (κ3) is 3.92. The predicted molar refractivity (Wildman–Crippen MR) is 90.2 cm³/mol. The van der Waals surface area contributed by atoms with Gasteiger partial charge >= 0.3 is 0 Å². The zero-order valence-electron chi connectivity index (χ0n) is 11.9. The number of anilines is 2. The molecule has 2 amide bonds. The van der Waals surface area contributed by atoms with Crippen LogP contribution in [0.4, 0.5) is 11.4 Å². The monoisotopic (exact) mass is 366 g/mol. The van der Waals surface area contributed by atoms with E-state index in [-0.39, 0.29) is 11.8 Å². The highest BCUT2D eigenvalue weighted by Crippen LogP contribution is 2.28. The van der Waals surface area contributed by atoms with Crippen molar-refractivity contribution >= 4 is 50.5 Å². The normalized spacial score (nSPS) is 10.3. The van der Waals surface area contributed by atoms with E-state index in [1.165, 1.54) is 18.3 Å². The summed E-state index contributed by atoms with van der Waals surface area (Å²) in [6.45, 7) is 5.29. The Hall–Kier alpha value is -1.66. The molecule has 6 heteroatoms. The van der Waals surface area contributed by atoms with Crippen LogP contribution in [0.15, 0.2) is 28.1 Å². The first-order chi connectivity index (χ1) is 9.86. The maximum Gasteiger partial charge on any atom is 0.265 e. The Morgan fingerprint density at radius 1 is 1.10 bits per heavy atom. The molecule has 0 saturated carbocycles. The van der Waals surface area contributed by atoms with E-state index in [0.29, 0.717) is 10.6 Å². The number of halogens is 1. The van der Waals surface area contributed by atoms with E-state index >= 15 is 0 Å². The second-order valence-electron chi connectivity index (χ2n) is 4.73. The van der Waals surface area contributed by atoms with Crippen LogP contribution in [0.25, 0.3) is 0 Å². The SMILES string of the molecule is CC(=O)Nc1ccc(NC(=O)c2cc(C)c(Br)s2)cc1C. The standard InChI is InChI=1S/C15H15BrN2O2S/c1-8-6-11(4-5-12(8)17-10(3)19)18-15(20)13-7-9(2)14(16)21-13/h4-7H,1-3H3,(H,17,19)(H,18,20). The van der Waals surface area contributed by atoms with Crippen molar-refractivity contribution in [3.8, 4) is 0 Å². The minimum Gasteiger partial charge on any atom is -0.326 e. The number of hydrogen-bond acceptors (Lipinski definition) is 3. The summed E-state index contributed by atoms with van der Waals surface area (Å²) in [7, 11) is 0. The molecular formula is C15H15BrN2O2S. The Morgan fingerprint density at radius 2 is 1.81 bits per heavy atom. The van der Waals surface area contributed by atoms with E-state index in [9.17, 15) is 9.59 Å². The molecule has 0 saturated heterocycles. The quantitative estimate of drug-likeness (QED) is 0.848. The number of hydrogen-bond donors (Lipinski definition) is 2. The molecule has 0 bridgehead atoms. The van der Waals surface area contributed by atoms with Crippen molar-refractivity contribution in [2.45, 2.75) is 20.8 Å². The molecular weight excluding hydrogens is 352 g/mol. The largest absolute Gasteiger partial charge is 0.326 e. The lowest BCUT2D eigenvalue weighted by Crippen LogP contribution is -2.11. The zero-order chi connectivity index (χ0) is 15.6. The summed E-state index contributed by atoms with van der Waals surface area (Å²) >= 11 is 4.82. The molecule has 2 rings (SSSR count). The summed E-state index contributed by atoms with van der Waals surface area (Å²) < 4.78 is 0.963. The fraction of sp³-hybridized carbons (Fsp3) is 0.200. The van der Waals surface area contributed by atoms with Crippen LogP contribution in [-0.2, 0) is 4.79 Å². The van der Waals surface area contributed by atoms with Crippen molar-refractivity contribution < 1.29 is 9.59 Å². The molecule has 0 aliphatic rings. The van der Waals surface area contributed by atoms with Crippen molar-refractivity contribution in [1.29, 1.82) is 0 Å². The highest BCUT2D eigenvalue weighted by molar-refractivity contribution is 9.11. The van der Waals surface area contributed by atoms with E-state index < -0.39 is 0 Å². The van der Waals surface area contributed by atoms with Gasteiger partial charge < -0.3 is 10.6 Å². The second kappa shape index (κ2) is 6.41. The molecule has 2 aromatic rings. The van der Waals surface area contributed by atoms with Crippen LogP contribution >= 0.6 is 27.3 Å². The van der Waals surface area contributed by atoms with Gasteiger partial charge in [0.15, 0.2) is 0 Å². The lowest BCUT2D eigenvalue weighted by atomic mass is 10.1. The van der Waals surface area contributed by atoms with E-state index in [2.05, 4.69) is 26.6 Å². The van der Waals surface area contributed by atoms with E-state index in [0.717, 1.165) is 20.6 Å². The van der Waals surface area contributed by atoms with Gasteiger partial charge in [0.1, 0.15) is 0 Å². The van der Waals surface area contributed by atoms with E-state index in [1.54, 1.807) is 12.1 Å². The van der Waals surface area contributed by atoms with Gasteiger partial charge in [-0.25, -0.2) is 0 Å². The summed E-state index contributed by atoms with van der Waals surface area (Å²) in [6, 6.07) is 7.23. The molecule has 0 atom stereocenters. The first-order valence-corrected chi connectivity index (χ1v) is 7.93. The average Bonchev–Trinajstić information content (AvgIpc) is 2.73. The van der Waals surface area contributed by atoms with Crippen LogP contribution in [0, 0.1) is 13.8 Å². The van der Waals surface area contributed by atoms with Gasteiger partial charge in [-0.15, -0.1) is 11.3 Å². The highest BCUT2D eigenvalue weighted by atomic mass is 79.9. The first kappa shape index (κ1) is 15.7. The third-order valence-corrected chi connectivity index (χ3v) is 5.01. The van der Waals surface area contributed by atoms with Crippen molar-refractivity contribution in [2.24, 2.45) is 0 Å². The maximum absolute atomic E-state index is 12.2. The lowest BCUT2D eigenvalue weighted by molar-refractivity contribution is -0.114. The summed E-state index contributed by atoms with van der Waals surface area (Å²) in [5.41, 5.74) is 3.39. The van der Waals surface area contributed by atoms with Crippen LogP contribution in [0.5, 0.6) is 0 Å². The molecule has 1 aromatic carbocycles. The summed E-state index contributed by atoms with van der Waals surface area (Å²) in [6.07, 6.45) is 0. The number of benzene rings is 1. The van der Waals surface area contributed by atoms with Crippen LogP contribution in [-0.4, -0.2) is 11.8 Å². The van der Waals surface area contributed by atoms with Crippen molar-refractivity contribution in [3.63, 3.8) is 0 Å². The Bertz CT molecular complexity index is 690. The fourth-order valence-corrected chi connectivity index (χ4v) is 3.27. The Morgan fingerprint density at radius 3 is 2.33 bits per heavy atom. The van der Waals surface area contributed by atoms with Gasteiger partial charge in [-0.2, -0.15) is 0 Å². The third-order valence-electron chi connectivity index (χ3n) is 2.88. The van der Waals surface area contributed by atoms with Crippen LogP contribution < -0.4 is 10.6 Å². The molecule has 4 nitrogen and oxygen atoms in total. The molecule has 0 aliphatic carbocycles. The van der Waals surface area contributed by atoms with Crippen molar-refractivity contribution in [1.82, 2.24) is 0 Å². The van der Waals surface area contributed by atoms with Crippen LogP contribution in [0.3, 0.4) is 0 Å².